The Balaban J connectivity index is 2.04. The van der Waals surface area contributed by atoms with E-state index in [1.165, 1.54) is 10.4 Å². The average Bonchev–Trinajstić information content (AvgIpc) is 2.46. The van der Waals surface area contributed by atoms with Gasteiger partial charge in [0.2, 0.25) is 10.0 Å². The summed E-state index contributed by atoms with van der Waals surface area (Å²) in [4.78, 5) is 0.149. The molecular weight excluding hydrogens is 302 g/mol. The molecule has 1 aromatic carbocycles. The van der Waals surface area contributed by atoms with Crippen LogP contribution in [-0.4, -0.2) is 50.2 Å². The molecule has 0 aliphatic carbocycles. The summed E-state index contributed by atoms with van der Waals surface area (Å²) in [6.45, 7) is 1.09. The van der Waals surface area contributed by atoms with E-state index in [1.807, 2.05) is 0 Å². The number of hydrogen-bond acceptors (Lipinski definition) is 4. The Morgan fingerprint density at radius 3 is 2.55 bits per heavy atom. The quantitative estimate of drug-likeness (QED) is 0.893. The highest BCUT2D eigenvalue weighted by molar-refractivity contribution is 7.89. The van der Waals surface area contributed by atoms with E-state index in [-0.39, 0.29) is 22.6 Å². The van der Waals surface area contributed by atoms with Gasteiger partial charge < -0.3 is 9.84 Å². The van der Waals surface area contributed by atoms with Crippen molar-refractivity contribution in [2.24, 2.45) is 0 Å². The van der Waals surface area contributed by atoms with Gasteiger partial charge >= 0.3 is 0 Å². The Labute approximate surface area is 124 Å². The van der Waals surface area contributed by atoms with Crippen LogP contribution >= 0.6 is 11.6 Å². The molecule has 0 radical (unpaired) electrons. The molecule has 1 aliphatic heterocycles. The van der Waals surface area contributed by atoms with E-state index < -0.39 is 10.0 Å². The molecule has 0 spiro atoms. The van der Waals surface area contributed by atoms with Gasteiger partial charge in [0.1, 0.15) is 4.90 Å². The fourth-order valence-corrected chi connectivity index (χ4v) is 4.21. The largest absolute Gasteiger partial charge is 0.394 e. The predicted molar refractivity (Wildman–Crippen MR) is 76.3 cm³/mol. The van der Waals surface area contributed by atoms with Crippen molar-refractivity contribution < 1.29 is 18.3 Å². The lowest BCUT2D eigenvalue weighted by Crippen LogP contribution is -2.41. The molecule has 0 aromatic heterocycles. The van der Waals surface area contributed by atoms with Crippen LogP contribution in [0, 0.1) is 0 Å². The highest BCUT2D eigenvalue weighted by Crippen LogP contribution is 2.26. The van der Waals surface area contributed by atoms with E-state index in [9.17, 15) is 8.42 Å². The third kappa shape index (κ3) is 3.51. The van der Waals surface area contributed by atoms with Crippen molar-refractivity contribution >= 4 is 21.6 Å². The standard InChI is InChI=1S/C13H18ClNO4S/c14-12-3-1-2-4-13(12)20(17,18)15-7-5-11(6-8-15)19-10-9-16/h1-4,11,16H,5-10H2. The van der Waals surface area contributed by atoms with Crippen molar-refractivity contribution in [3.63, 3.8) is 0 Å². The van der Waals surface area contributed by atoms with Gasteiger partial charge in [0, 0.05) is 13.1 Å². The maximum absolute atomic E-state index is 12.5. The van der Waals surface area contributed by atoms with E-state index in [2.05, 4.69) is 0 Å². The molecule has 20 heavy (non-hydrogen) atoms. The molecule has 2 rings (SSSR count). The van der Waals surface area contributed by atoms with Crippen molar-refractivity contribution in [3.8, 4) is 0 Å². The molecule has 0 bridgehead atoms. The number of hydrogen-bond donors (Lipinski definition) is 1. The van der Waals surface area contributed by atoms with Gasteiger partial charge in [0.05, 0.1) is 24.3 Å². The Kier molecular flexibility index (Phi) is 5.40. The number of nitrogens with zero attached hydrogens (tertiary/aromatic N) is 1. The number of aliphatic hydroxyl groups is 1. The molecule has 0 unspecified atom stereocenters. The monoisotopic (exact) mass is 319 g/mol. The van der Waals surface area contributed by atoms with Crippen molar-refractivity contribution in [1.82, 2.24) is 4.31 Å². The third-order valence-electron chi connectivity index (χ3n) is 3.30. The van der Waals surface area contributed by atoms with Crippen LogP contribution in [0.5, 0.6) is 0 Å². The summed E-state index contributed by atoms with van der Waals surface area (Å²) in [5, 5.41) is 8.95. The number of aliphatic hydroxyl groups excluding tert-OH is 1. The minimum absolute atomic E-state index is 0.0137. The summed E-state index contributed by atoms with van der Waals surface area (Å²) in [6.07, 6.45) is 1.27. The molecule has 1 fully saturated rings. The summed E-state index contributed by atoms with van der Waals surface area (Å²) in [7, 11) is -3.54. The lowest BCUT2D eigenvalue weighted by atomic mass is 10.1. The first-order chi connectivity index (χ1) is 9.55. The molecule has 7 heteroatoms. The summed E-state index contributed by atoms with van der Waals surface area (Å²) < 4.78 is 31.8. The predicted octanol–water partition coefficient (Wildman–Crippen LogP) is 1.50. The molecule has 1 heterocycles. The van der Waals surface area contributed by atoms with E-state index in [1.54, 1.807) is 18.2 Å². The second-order valence-electron chi connectivity index (χ2n) is 4.63. The maximum atomic E-state index is 12.5. The van der Waals surface area contributed by atoms with Crippen molar-refractivity contribution in [1.29, 1.82) is 0 Å². The van der Waals surface area contributed by atoms with Crippen molar-refractivity contribution in [2.45, 2.75) is 23.8 Å². The minimum Gasteiger partial charge on any atom is -0.394 e. The fourth-order valence-electron chi connectivity index (χ4n) is 2.25. The number of rotatable bonds is 5. The zero-order valence-corrected chi connectivity index (χ0v) is 12.6. The summed E-state index contributed by atoms with van der Waals surface area (Å²) >= 11 is 5.97. The van der Waals surface area contributed by atoms with Crippen LogP contribution in [0.4, 0.5) is 0 Å². The number of benzene rings is 1. The van der Waals surface area contributed by atoms with E-state index in [0.29, 0.717) is 32.5 Å². The maximum Gasteiger partial charge on any atom is 0.244 e. The van der Waals surface area contributed by atoms with Crippen LogP contribution < -0.4 is 0 Å². The SMILES string of the molecule is O=S(=O)(c1ccccc1Cl)N1CCC(OCCO)CC1. The lowest BCUT2D eigenvalue weighted by Gasteiger charge is -2.31. The van der Waals surface area contributed by atoms with Gasteiger partial charge in [-0.25, -0.2) is 8.42 Å². The normalized spacial score (nSPS) is 18.3. The number of piperidine rings is 1. The smallest absolute Gasteiger partial charge is 0.244 e. The summed E-state index contributed by atoms with van der Waals surface area (Å²) in [5.74, 6) is 0. The highest BCUT2D eigenvalue weighted by atomic mass is 35.5. The zero-order chi connectivity index (χ0) is 14.6. The van der Waals surface area contributed by atoms with Crippen LogP contribution in [0.25, 0.3) is 0 Å². The van der Waals surface area contributed by atoms with Crippen LogP contribution in [-0.2, 0) is 14.8 Å². The Bertz CT molecular complexity index is 541. The van der Waals surface area contributed by atoms with Gasteiger partial charge in [-0.3, -0.25) is 0 Å². The Morgan fingerprint density at radius 1 is 1.30 bits per heavy atom. The molecule has 1 N–H and O–H groups in total. The summed E-state index contributed by atoms with van der Waals surface area (Å²) in [6, 6.07) is 6.46. The third-order valence-corrected chi connectivity index (χ3v) is 5.70. The fraction of sp³-hybridized carbons (Fsp3) is 0.538. The summed E-state index contributed by atoms with van der Waals surface area (Å²) in [5.41, 5.74) is 0. The lowest BCUT2D eigenvalue weighted by molar-refractivity contribution is 0.00318. The second kappa shape index (κ2) is 6.87. The van der Waals surface area contributed by atoms with Gasteiger partial charge in [-0.15, -0.1) is 0 Å². The molecular formula is C13H18ClNO4S. The van der Waals surface area contributed by atoms with Gasteiger partial charge in [0.25, 0.3) is 0 Å². The van der Waals surface area contributed by atoms with Gasteiger partial charge in [-0.2, -0.15) is 4.31 Å². The average molecular weight is 320 g/mol. The minimum atomic E-state index is -3.54. The van der Waals surface area contributed by atoms with Crippen LogP contribution in [0.2, 0.25) is 5.02 Å². The number of sulfonamides is 1. The first-order valence-corrected chi connectivity index (χ1v) is 8.34. The molecule has 1 aromatic rings. The molecule has 0 saturated carbocycles. The van der Waals surface area contributed by atoms with Gasteiger partial charge in [0.15, 0.2) is 0 Å². The van der Waals surface area contributed by atoms with Crippen molar-refractivity contribution in [2.75, 3.05) is 26.3 Å². The van der Waals surface area contributed by atoms with Crippen LogP contribution in [0.3, 0.4) is 0 Å². The van der Waals surface area contributed by atoms with Gasteiger partial charge in [-0.05, 0) is 25.0 Å². The van der Waals surface area contributed by atoms with Crippen LogP contribution in [0.15, 0.2) is 29.2 Å². The molecule has 112 valence electrons. The van der Waals surface area contributed by atoms with E-state index >= 15 is 0 Å². The van der Waals surface area contributed by atoms with Crippen molar-refractivity contribution in [3.05, 3.63) is 29.3 Å². The molecule has 0 atom stereocenters. The zero-order valence-electron chi connectivity index (χ0n) is 11.0. The molecule has 0 amide bonds. The molecule has 5 nitrogen and oxygen atoms in total. The second-order valence-corrected chi connectivity index (χ2v) is 6.94. The topological polar surface area (TPSA) is 66.8 Å². The first kappa shape index (κ1) is 15.7. The Morgan fingerprint density at radius 2 is 1.95 bits per heavy atom. The van der Waals surface area contributed by atoms with Crippen LogP contribution in [0.1, 0.15) is 12.8 Å². The molecule has 1 saturated heterocycles. The van der Waals surface area contributed by atoms with Gasteiger partial charge in [-0.1, -0.05) is 23.7 Å². The van der Waals surface area contributed by atoms with E-state index in [0.717, 1.165) is 0 Å². The number of halogens is 1. The molecule has 1 aliphatic rings. The highest BCUT2D eigenvalue weighted by Gasteiger charge is 2.30. The Hall–Kier alpha value is -0.660. The first-order valence-electron chi connectivity index (χ1n) is 6.53. The van der Waals surface area contributed by atoms with E-state index in [4.69, 9.17) is 21.4 Å². The number of ether oxygens (including phenoxy) is 1.